The quantitative estimate of drug-likeness (QED) is 0.875. The van der Waals surface area contributed by atoms with E-state index in [4.69, 9.17) is 0 Å². The van der Waals surface area contributed by atoms with Crippen molar-refractivity contribution in [2.75, 3.05) is 12.4 Å². The molecular formula is C17H20N2O. The Hall–Kier alpha value is -2.29. The van der Waals surface area contributed by atoms with E-state index in [1.165, 1.54) is 0 Å². The molecule has 0 saturated heterocycles. The van der Waals surface area contributed by atoms with E-state index in [-0.39, 0.29) is 17.9 Å². The van der Waals surface area contributed by atoms with Gasteiger partial charge in [-0.3, -0.25) is 4.79 Å². The summed E-state index contributed by atoms with van der Waals surface area (Å²) in [4.78, 5) is 12.2. The molecule has 0 aliphatic rings. The number of hydrogen-bond donors (Lipinski definition) is 2. The van der Waals surface area contributed by atoms with Crippen molar-refractivity contribution >= 4 is 11.6 Å². The Kier molecular flexibility index (Phi) is 4.77. The van der Waals surface area contributed by atoms with Crippen molar-refractivity contribution in [2.24, 2.45) is 0 Å². The average Bonchev–Trinajstić information content (AvgIpc) is 2.53. The highest BCUT2D eigenvalue weighted by molar-refractivity contribution is 5.85. The third kappa shape index (κ3) is 3.38. The summed E-state index contributed by atoms with van der Waals surface area (Å²) >= 11 is 0. The number of likely N-dealkylation sites (N-methyl/N-ethyl adjacent to an activating group) is 1. The van der Waals surface area contributed by atoms with Crippen LogP contribution in [0.3, 0.4) is 0 Å². The Morgan fingerprint density at radius 1 is 0.950 bits per heavy atom. The van der Waals surface area contributed by atoms with Gasteiger partial charge in [-0.25, -0.2) is 0 Å². The Morgan fingerprint density at radius 2 is 1.50 bits per heavy atom. The highest BCUT2D eigenvalue weighted by Crippen LogP contribution is 2.22. The van der Waals surface area contributed by atoms with Crippen molar-refractivity contribution in [1.82, 2.24) is 5.32 Å². The van der Waals surface area contributed by atoms with Crippen LogP contribution in [0.2, 0.25) is 0 Å². The molecule has 0 radical (unpaired) electrons. The summed E-state index contributed by atoms with van der Waals surface area (Å²) in [5, 5.41) is 6.05. The van der Waals surface area contributed by atoms with Crippen molar-refractivity contribution in [3.63, 3.8) is 0 Å². The maximum Gasteiger partial charge on any atom is 0.242 e. The van der Waals surface area contributed by atoms with Crippen molar-refractivity contribution in [1.29, 1.82) is 0 Å². The molecule has 2 aromatic carbocycles. The monoisotopic (exact) mass is 268 g/mol. The van der Waals surface area contributed by atoms with Crippen LogP contribution in [-0.4, -0.2) is 19.0 Å². The first-order valence-corrected chi connectivity index (χ1v) is 6.80. The standard InChI is InChI=1S/C17H20N2O/c1-13(14-9-5-3-6-10-14)16(17(20)18-2)19-15-11-7-4-8-12-15/h3-13,16,19H,1-2H3,(H,18,20). The molecule has 3 nitrogen and oxygen atoms in total. The zero-order chi connectivity index (χ0) is 14.4. The maximum atomic E-state index is 12.2. The van der Waals surface area contributed by atoms with E-state index in [1.54, 1.807) is 7.05 Å². The molecule has 0 saturated carbocycles. The predicted octanol–water partition coefficient (Wildman–Crippen LogP) is 3.02. The van der Waals surface area contributed by atoms with E-state index in [0.29, 0.717) is 0 Å². The van der Waals surface area contributed by atoms with Crippen LogP contribution >= 0.6 is 0 Å². The zero-order valence-corrected chi connectivity index (χ0v) is 11.8. The van der Waals surface area contributed by atoms with Crippen LogP contribution in [0.1, 0.15) is 18.4 Å². The third-order valence-electron chi connectivity index (χ3n) is 3.45. The minimum absolute atomic E-state index is 0.00907. The lowest BCUT2D eigenvalue weighted by atomic mass is 9.92. The number of carbonyl (C=O) groups excluding carboxylic acids is 1. The van der Waals surface area contributed by atoms with Gasteiger partial charge in [-0.1, -0.05) is 55.5 Å². The van der Waals surface area contributed by atoms with Gasteiger partial charge in [0.2, 0.25) is 5.91 Å². The molecular weight excluding hydrogens is 248 g/mol. The number of benzene rings is 2. The summed E-state index contributed by atoms with van der Waals surface area (Å²) in [6.07, 6.45) is 0. The molecule has 2 aromatic rings. The number of amides is 1. The maximum absolute atomic E-state index is 12.2. The van der Waals surface area contributed by atoms with Crippen LogP contribution in [0.15, 0.2) is 60.7 Å². The van der Waals surface area contributed by atoms with Gasteiger partial charge >= 0.3 is 0 Å². The summed E-state index contributed by atoms with van der Waals surface area (Å²) in [5.41, 5.74) is 2.09. The summed E-state index contributed by atoms with van der Waals surface area (Å²) in [6.45, 7) is 2.06. The summed E-state index contributed by atoms with van der Waals surface area (Å²) in [7, 11) is 1.67. The summed E-state index contributed by atoms with van der Waals surface area (Å²) in [6, 6.07) is 19.6. The van der Waals surface area contributed by atoms with Crippen LogP contribution in [0.4, 0.5) is 5.69 Å². The van der Waals surface area contributed by atoms with Crippen molar-refractivity contribution in [2.45, 2.75) is 18.9 Å². The molecule has 0 aromatic heterocycles. The highest BCUT2D eigenvalue weighted by Gasteiger charge is 2.25. The van der Waals surface area contributed by atoms with Crippen molar-refractivity contribution in [3.05, 3.63) is 66.2 Å². The van der Waals surface area contributed by atoms with Crippen LogP contribution < -0.4 is 10.6 Å². The lowest BCUT2D eigenvalue weighted by molar-refractivity contribution is -0.121. The normalized spacial score (nSPS) is 13.3. The van der Waals surface area contributed by atoms with Gasteiger partial charge in [-0.2, -0.15) is 0 Å². The molecule has 2 atom stereocenters. The third-order valence-corrected chi connectivity index (χ3v) is 3.45. The summed E-state index contributed by atoms with van der Waals surface area (Å²) in [5.74, 6) is 0.0709. The molecule has 2 N–H and O–H groups in total. The Labute approximate surface area is 120 Å². The van der Waals surface area contributed by atoms with E-state index in [1.807, 2.05) is 60.7 Å². The molecule has 0 aliphatic carbocycles. The Balaban J connectivity index is 2.22. The first-order chi connectivity index (χ1) is 9.72. The van der Waals surface area contributed by atoms with Crippen LogP contribution in [0, 0.1) is 0 Å². The lowest BCUT2D eigenvalue weighted by Gasteiger charge is -2.25. The minimum Gasteiger partial charge on any atom is -0.373 e. The van der Waals surface area contributed by atoms with Gasteiger partial charge in [0, 0.05) is 18.7 Å². The molecule has 0 aliphatic heterocycles. The zero-order valence-electron chi connectivity index (χ0n) is 11.8. The number of para-hydroxylation sites is 1. The molecule has 2 unspecified atom stereocenters. The number of carbonyl (C=O) groups is 1. The van der Waals surface area contributed by atoms with Gasteiger partial charge in [-0.15, -0.1) is 0 Å². The SMILES string of the molecule is CNC(=O)C(Nc1ccccc1)C(C)c1ccccc1. The molecule has 0 heterocycles. The fraction of sp³-hybridized carbons (Fsp3) is 0.235. The van der Waals surface area contributed by atoms with E-state index < -0.39 is 0 Å². The molecule has 104 valence electrons. The predicted molar refractivity (Wildman–Crippen MR) is 82.8 cm³/mol. The van der Waals surface area contributed by atoms with E-state index in [2.05, 4.69) is 17.6 Å². The fourth-order valence-electron chi connectivity index (χ4n) is 2.24. The highest BCUT2D eigenvalue weighted by atomic mass is 16.2. The van der Waals surface area contributed by atoms with Crippen LogP contribution in [0.25, 0.3) is 0 Å². The number of rotatable bonds is 5. The number of hydrogen-bond acceptors (Lipinski definition) is 2. The Morgan fingerprint density at radius 3 is 2.05 bits per heavy atom. The van der Waals surface area contributed by atoms with Crippen LogP contribution in [0.5, 0.6) is 0 Å². The first-order valence-electron chi connectivity index (χ1n) is 6.80. The number of nitrogens with one attached hydrogen (secondary N) is 2. The lowest BCUT2D eigenvalue weighted by Crippen LogP contribution is -2.41. The van der Waals surface area contributed by atoms with Crippen LogP contribution in [-0.2, 0) is 4.79 Å². The molecule has 2 rings (SSSR count). The van der Waals surface area contributed by atoms with Gasteiger partial charge in [0.05, 0.1) is 0 Å². The second kappa shape index (κ2) is 6.75. The van der Waals surface area contributed by atoms with Gasteiger partial charge in [-0.05, 0) is 17.7 Å². The molecule has 0 fully saturated rings. The van der Waals surface area contributed by atoms with Crippen molar-refractivity contribution in [3.8, 4) is 0 Å². The Bertz CT molecular complexity index is 539. The number of anilines is 1. The van der Waals surface area contributed by atoms with Gasteiger partial charge in [0.25, 0.3) is 0 Å². The van der Waals surface area contributed by atoms with E-state index in [9.17, 15) is 4.79 Å². The fourth-order valence-corrected chi connectivity index (χ4v) is 2.24. The second-order valence-electron chi connectivity index (χ2n) is 4.80. The molecule has 20 heavy (non-hydrogen) atoms. The van der Waals surface area contributed by atoms with Gasteiger partial charge in [0.1, 0.15) is 6.04 Å². The van der Waals surface area contributed by atoms with E-state index in [0.717, 1.165) is 11.3 Å². The second-order valence-corrected chi connectivity index (χ2v) is 4.80. The first kappa shape index (κ1) is 14.1. The average molecular weight is 268 g/mol. The smallest absolute Gasteiger partial charge is 0.242 e. The molecule has 0 spiro atoms. The minimum atomic E-state index is -0.301. The molecule has 1 amide bonds. The topological polar surface area (TPSA) is 41.1 Å². The van der Waals surface area contributed by atoms with E-state index >= 15 is 0 Å². The van der Waals surface area contributed by atoms with Crippen molar-refractivity contribution < 1.29 is 4.79 Å². The summed E-state index contributed by atoms with van der Waals surface area (Å²) < 4.78 is 0. The van der Waals surface area contributed by atoms with Gasteiger partial charge in [0.15, 0.2) is 0 Å². The molecule has 0 bridgehead atoms. The van der Waals surface area contributed by atoms with Gasteiger partial charge < -0.3 is 10.6 Å². The largest absolute Gasteiger partial charge is 0.373 e. The molecule has 3 heteroatoms.